The number of nitrogens with one attached hydrogen (secondary N) is 1. The molecule has 1 atom stereocenters. The summed E-state index contributed by atoms with van der Waals surface area (Å²) in [7, 11) is 0. The topological polar surface area (TPSA) is 12.0 Å². The highest BCUT2D eigenvalue weighted by atomic mass is 35.5. The van der Waals surface area contributed by atoms with E-state index in [9.17, 15) is 0 Å². The Morgan fingerprint density at radius 3 is 2.22 bits per heavy atom. The van der Waals surface area contributed by atoms with E-state index in [0.717, 1.165) is 34.5 Å². The van der Waals surface area contributed by atoms with E-state index in [-0.39, 0.29) is 6.04 Å². The predicted octanol–water partition coefficient (Wildman–Crippen LogP) is 5.47. The fourth-order valence-corrected chi connectivity index (χ4v) is 2.83. The molecule has 0 aromatic heterocycles. The van der Waals surface area contributed by atoms with Crippen molar-refractivity contribution in [2.45, 2.75) is 46.1 Å². The maximum absolute atomic E-state index is 6.28. The van der Waals surface area contributed by atoms with Gasteiger partial charge in [-0.15, -0.1) is 0 Å². The Morgan fingerprint density at radius 1 is 1.11 bits per heavy atom. The molecule has 0 spiro atoms. The Morgan fingerprint density at radius 2 is 1.72 bits per heavy atom. The minimum absolute atomic E-state index is 0.259. The molecule has 0 bridgehead atoms. The van der Waals surface area contributed by atoms with Crippen molar-refractivity contribution in [3.05, 3.63) is 33.8 Å². The van der Waals surface area contributed by atoms with Crippen LogP contribution in [0, 0.1) is 5.92 Å². The van der Waals surface area contributed by atoms with E-state index in [1.165, 1.54) is 12.8 Å². The van der Waals surface area contributed by atoms with Crippen LogP contribution in [0.25, 0.3) is 0 Å². The second-order valence-electron chi connectivity index (χ2n) is 5.07. The van der Waals surface area contributed by atoms with E-state index in [1.807, 2.05) is 18.2 Å². The number of hydrogen-bond donors (Lipinski definition) is 1. The second-order valence-corrected chi connectivity index (χ2v) is 5.88. The third kappa shape index (κ3) is 4.79. The van der Waals surface area contributed by atoms with Gasteiger partial charge in [0.1, 0.15) is 0 Å². The van der Waals surface area contributed by atoms with Crippen LogP contribution in [0.3, 0.4) is 0 Å². The molecule has 0 aliphatic heterocycles. The molecular formula is C15H23Cl2N. The molecule has 0 saturated carbocycles. The Hall–Kier alpha value is -0.240. The van der Waals surface area contributed by atoms with Crippen LogP contribution in [0.5, 0.6) is 0 Å². The fraction of sp³-hybridized carbons (Fsp3) is 0.600. The van der Waals surface area contributed by atoms with E-state index >= 15 is 0 Å². The number of hydrogen-bond acceptors (Lipinski definition) is 1. The normalized spacial score (nSPS) is 13.0. The van der Waals surface area contributed by atoms with Crippen LogP contribution >= 0.6 is 23.2 Å². The maximum atomic E-state index is 6.28. The summed E-state index contributed by atoms with van der Waals surface area (Å²) in [5.74, 6) is 0.744. The molecule has 0 amide bonds. The maximum Gasteiger partial charge on any atom is 0.0468 e. The predicted molar refractivity (Wildman–Crippen MR) is 81.6 cm³/mol. The van der Waals surface area contributed by atoms with Crippen LogP contribution in [0.4, 0.5) is 0 Å². The van der Waals surface area contributed by atoms with Crippen LogP contribution in [-0.4, -0.2) is 6.54 Å². The molecule has 1 N–H and O–H groups in total. The molecule has 1 rings (SSSR count). The van der Waals surface area contributed by atoms with Gasteiger partial charge in [-0.25, -0.2) is 0 Å². The Bertz CT molecular complexity index is 343. The van der Waals surface area contributed by atoms with E-state index in [2.05, 4.69) is 26.1 Å². The van der Waals surface area contributed by atoms with E-state index < -0.39 is 0 Å². The number of rotatable bonds is 7. The van der Waals surface area contributed by atoms with Crippen molar-refractivity contribution < 1.29 is 0 Å². The first-order valence-electron chi connectivity index (χ1n) is 6.73. The molecule has 18 heavy (non-hydrogen) atoms. The zero-order valence-corrected chi connectivity index (χ0v) is 13.0. The van der Waals surface area contributed by atoms with Gasteiger partial charge in [0.15, 0.2) is 0 Å². The molecule has 0 saturated heterocycles. The van der Waals surface area contributed by atoms with Gasteiger partial charge in [-0.3, -0.25) is 0 Å². The van der Waals surface area contributed by atoms with Crippen LogP contribution in [0.15, 0.2) is 18.2 Å². The lowest BCUT2D eigenvalue weighted by Crippen LogP contribution is -2.21. The highest BCUT2D eigenvalue weighted by molar-refractivity contribution is 6.36. The summed E-state index contributed by atoms with van der Waals surface area (Å²) in [5, 5.41) is 5.01. The standard InChI is InChI=1S/C15H23Cl2N/c1-4-18-14(10-5-7-11(2)3)15-12(16)8-6-9-13(15)17/h6,8-9,11,14,18H,4-5,7,10H2,1-3H3. The molecule has 1 aromatic carbocycles. The van der Waals surface area contributed by atoms with Crippen LogP contribution in [0.2, 0.25) is 10.0 Å². The summed E-state index contributed by atoms with van der Waals surface area (Å²) in [6, 6.07) is 5.98. The lowest BCUT2D eigenvalue weighted by molar-refractivity contribution is 0.455. The van der Waals surface area contributed by atoms with Gasteiger partial charge in [0.05, 0.1) is 0 Å². The summed E-state index contributed by atoms with van der Waals surface area (Å²) in [6.07, 6.45) is 3.51. The first kappa shape index (κ1) is 15.8. The largest absolute Gasteiger partial charge is 0.310 e. The lowest BCUT2D eigenvalue weighted by Gasteiger charge is -2.21. The molecule has 0 radical (unpaired) electrons. The van der Waals surface area contributed by atoms with E-state index in [1.54, 1.807) is 0 Å². The zero-order valence-electron chi connectivity index (χ0n) is 11.5. The number of benzene rings is 1. The van der Waals surface area contributed by atoms with Crippen molar-refractivity contribution in [1.82, 2.24) is 5.32 Å². The quantitative estimate of drug-likeness (QED) is 0.701. The van der Waals surface area contributed by atoms with E-state index in [4.69, 9.17) is 23.2 Å². The van der Waals surface area contributed by atoms with Gasteiger partial charge in [0, 0.05) is 21.7 Å². The van der Waals surface area contributed by atoms with Crippen LogP contribution in [-0.2, 0) is 0 Å². The highest BCUT2D eigenvalue weighted by Crippen LogP contribution is 2.33. The third-order valence-electron chi connectivity index (χ3n) is 3.07. The average Bonchev–Trinajstić information content (AvgIpc) is 2.28. The molecular weight excluding hydrogens is 265 g/mol. The van der Waals surface area contributed by atoms with Gasteiger partial charge in [-0.2, -0.15) is 0 Å². The summed E-state index contributed by atoms with van der Waals surface area (Å²) >= 11 is 12.6. The molecule has 0 aliphatic carbocycles. The van der Waals surface area contributed by atoms with E-state index in [0.29, 0.717) is 0 Å². The second kappa shape index (κ2) is 8.04. The first-order valence-corrected chi connectivity index (χ1v) is 7.49. The Kier molecular flexibility index (Phi) is 7.06. The molecule has 3 heteroatoms. The van der Waals surface area contributed by atoms with Crippen LogP contribution in [0.1, 0.15) is 51.6 Å². The smallest absolute Gasteiger partial charge is 0.0468 e. The molecule has 102 valence electrons. The van der Waals surface area contributed by atoms with Gasteiger partial charge >= 0.3 is 0 Å². The summed E-state index contributed by atoms with van der Waals surface area (Å²) < 4.78 is 0. The van der Waals surface area contributed by atoms with Crippen molar-refractivity contribution in [1.29, 1.82) is 0 Å². The average molecular weight is 288 g/mol. The summed E-state index contributed by atoms with van der Waals surface area (Å²) in [6.45, 7) is 7.55. The minimum atomic E-state index is 0.259. The minimum Gasteiger partial charge on any atom is -0.310 e. The molecule has 0 fully saturated rings. The van der Waals surface area contributed by atoms with Crippen molar-refractivity contribution in [3.63, 3.8) is 0 Å². The van der Waals surface area contributed by atoms with Crippen molar-refractivity contribution in [3.8, 4) is 0 Å². The monoisotopic (exact) mass is 287 g/mol. The van der Waals surface area contributed by atoms with Gasteiger partial charge in [-0.05, 0) is 31.0 Å². The molecule has 0 aliphatic rings. The molecule has 1 aromatic rings. The molecule has 1 nitrogen and oxygen atoms in total. The Labute approximate surface area is 121 Å². The zero-order chi connectivity index (χ0) is 13.5. The highest BCUT2D eigenvalue weighted by Gasteiger charge is 2.16. The fourth-order valence-electron chi connectivity index (χ4n) is 2.17. The van der Waals surface area contributed by atoms with Crippen molar-refractivity contribution in [2.75, 3.05) is 6.54 Å². The van der Waals surface area contributed by atoms with Crippen molar-refractivity contribution in [2.24, 2.45) is 5.92 Å². The molecule has 0 heterocycles. The van der Waals surface area contributed by atoms with Gasteiger partial charge in [0.2, 0.25) is 0 Å². The Balaban J connectivity index is 2.77. The van der Waals surface area contributed by atoms with Gasteiger partial charge < -0.3 is 5.32 Å². The summed E-state index contributed by atoms with van der Waals surface area (Å²) in [4.78, 5) is 0. The first-order chi connectivity index (χ1) is 8.56. The number of halogens is 2. The summed E-state index contributed by atoms with van der Waals surface area (Å²) in [5.41, 5.74) is 1.05. The lowest BCUT2D eigenvalue weighted by atomic mass is 9.98. The van der Waals surface area contributed by atoms with Crippen molar-refractivity contribution >= 4 is 23.2 Å². The van der Waals surface area contributed by atoms with Gasteiger partial charge in [-0.1, -0.05) is 62.9 Å². The van der Waals surface area contributed by atoms with Gasteiger partial charge in [0.25, 0.3) is 0 Å². The molecule has 1 unspecified atom stereocenters. The SMILES string of the molecule is CCNC(CCCC(C)C)c1c(Cl)cccc1Cl. The van der Waals surface area contributed by atoms with Crippen LogP contribution < -0.4 is 5.32 Å². The third-order valence-corrected chi connectivity index (χ3v) is 3.73.